The minimum Gasteiger partial charge on any atom is -0.497 e. The molecular formula is C20H28N2O6. The van der Waals surface area contributed by atoms with Crippen LogP contribution in [0.3, 0.4) is 0 Å². The number of nitrogens with zero attached hydrogens (tertiary/aromatic N) is 1. The fraction of sp³-hybridized carbons (Fsp3) is 0.550. The lowest BCUT2D eigenvalue weighted by molar-refractivity contribution is -0.147. The maximum Gasteiger partial charge on any atom is 0.310 e. The zero-order valence-electron chi connectivity index (χ0n) is 16.8. The fourth-order valence-corrected chi connectivity index (χ4v) is 2.99. The molecule has 1 aromatic rings. The van der Waals surface area contributed by atoms with Crippen LogP contribution < -0.4 is 14.8 Å². The number of piperidine rings is 1. The number of methoxy groups -OCH3 is 2. The van der Waals surface area contributed by atoms with Crippen molar-refractivity contribution in [3.8, 4) is 11.5 Å². The monoisotopic (exact) mass is 392 g/mol. The summed E-state index contributed by atoms with van der Waals surface area (Å²) in [5, 5.41) is 11.9. The number of carboxylic acids is 1. The van der Waals surface area contributed by atoms with Crippen molar-refractivity contribution in [2.24, 2.45) is 11.3 Å². The number of amides is 2. The van der Waals surface area contributed by atoms with Gasteiger partial charge in [0, 0.05) is 37.2 Å². The topological polar surface area (TPSA) is 105 Å². The molecule has 1 aliphatic rings. The average Bonchev–Trinajstić information content (AvgIpc) is 2.71. The van der Waals surface area contributed by atoms with Crippen molar-refractivity contribution < 1.29 is 29.0 Å². The summed E-state index contributed by atoms with van der Waals surface area (Å²) in [4.78, 5) is 38.0. The summed E-state index contributed by atoms with van der Waals surface area (Å²) in [6.45, 7) is 4.13. The smallest absolute Gasteiger partial charge is 0.310 e. The fourth-order valence-electron chi connectivity index (χ4n) is 2.99. The normalized spacial score (nSPS) is 15.1. The summed E-state index contributed by atoms with van der Waals surface area (Å²) in [6, 6.07) is 5.03. The molecule has 2 amide bonds. The molecule has 8 heteroatoms. The van der Waals surface area contributed by atoms with Gasteiger partial charge >= 0.3 is 5.97 Å². The predicted octanol–water partition coefficient (Wildman–Crippen LogP) is 1.78. The van der Waals surface area contributed by atoms with E-state index in [0.717, 1.165) is 0 Å². The SMILES string of the molecule is COc1cc(OC)cc(C(=O)N2CCC(C(=O)NCC(C)(C)C(=O)O)CC2)c1. The zero-order chi connectivity index (χ0) is 20.9. The van der Waals surface area contributed by atoms with E-state index in [1.807, 2.05) is 0 Å². The third kappa shape index (κ3) is 5.15. The maximum absolute atomic E-state index is 12.8. The van der Waals surface area contributed by atoms with Gasteiger partial charge < -0.3 is 24.8 Å². The number of nitrogens with one attached hydrogen (secondary N) is 1. The lowest BCUT2D eigenvalue weighted by Crippen LogP contribution is -2.45. The Bertz CT molecular complexity index is 716. The maximum atomic E-state index is 12.8. The van der Waals surface area contributed by atoms with Gasteiger partial charge in [-0.2, -0.15) is 0 Å². The number of likely N-dealkylation sites (tertiary alicyclic amines) is 1. The van der Waals surface area contributed by atoms with Gasteiger partial charge in [0.25, 0.3) is 5.91 Å². The van der Waals surface area contributed by atoms with E-state index in [0.29, 0.717) is 43.0 Å². The van der Waals surface area contributed by atoms with Crippen molar-refractivity contribution in [1.82, 2.24) is 10.2 Å². The Labute approximate surface area is 164 Å². The van der Waals surface area contributed by atoms with E-state index in [-0.39, 0.29) is 24.3 Å². The predicted molar refractivity (Wildman–Crippen MR) is 103 cm³/mol. The first-order valence-corrected chi connectivity index (χ1v) is 9.21. The molecule has 1 saturated heterocycles. The van der Waals surface area contributed by atoms with Crippen molar-refractivity contribution in [2.45, 2.75) is 26.7 Å². The summed E-state index contributed by atoms with van der Waals surface area (Å²) >= 11 is 0. The van der Waals surface area contributed by atoms with E-state index >= 15 is 0 Å². The molecule has 1 aliphatic heterocycles. The first-order valence-electron chi connectivity index (χ1n) is 9.21. The molecule has 0 aliphatic carbocycles. The number of benzene rings is 1. The largest absolute Gasteiger partial charge is 0.497 e. The highest BCUT2D eigenvalue weighted by molar-refractivity contribution is 5.95. The minimum absolute atomic E-state index is 0.0733. The Kier molecular flexibility index (Phi) is 6.88. The van der Waals surface area contributed by atoms with E-state index in [9.17, 15) is 14.4 Å². The average molecular weight is 392 g/mol. The van der Waals surface area contributed by atoms with Gasteiger partial charge in [-0.05, 0) is 38.8 Å². The van der Waals surface area contributed by atoms with Gasteiger partial charge in [-0.25, -0.2) is 0 Å². The number of rotatable bonds is 7. The summed E-state index contributed by atoms with van der Waals surface area (Å²) in [5.74, 6) is -0.404. The lowest BCUT2D eigenvalue weighted by Gasteiger charge is -2.32. The Morgan fingerprint density at radius 3 is 2.11 bits per heavy atom. The summed E-state index contributed by atoms with van der Waals surface area (Å²) in [6.07, 6.45) is 1.07. The molecule has 2 N–H and O–H groups in total. The standard InChI is InChI=1S/C20H28N2O6/c1-20(2,19(25)26)12-21-17(23)13-5-7-22(8-6-13)18(24)14-9-15(27-3)11-16(10-14)28-4/h9-11,13H,5-8,12H2,1-4H3,(H,21,23)(H,25,26). The number of aliphatic carboxylic acids is 1. The molecule has 0 spiro atoms. The molecule has 2 rings (SSSR count). The second-order valence-corrected chi connectivity index (χ2v) is 7.57. The summed E-state index contributed by atoms with van der Waals surface area (Å²) in [7, 11) is 3.05. The van der Waals surface area contributed by atoms with Gasteiger partial charge in [-0.1, -0.05) is 0 Å². The molecule has 0 radical (unpaired) electrons. The summed E-state index contributed by atoms with van der Waals surface area (Å²) < 4.78 is 10.4. The van der Waals surface area contributed by atoms with Crippen LogP contribution in [0.1, 0.15) is 37.0 Å². The molecule has 154 valence electrons. The van der Waals surface area contributed by atoms with E-state index in [2.05, 4.69) is 5.32 Å². The molecule has 0 atom stereocenters. The molecule has 0 aromatic heterocycles. The Balaban J connectivity index is 1.93. The third-order valence-corrected chi connectivity index (χ3v) is 5.03. The Morgan fingerprint density at radius 2 is 1.64 bits per heavy atom. The van der Waals surface area contributed by atoms with Gasteiger partial charge in [0.05, 0.1) is 19.6 Å². The van der Waals surface area contributed by atoms with Crippen LogP contribution in [-0.2, 0) is 9.59 Å². The van der Waals surface area contributed by atoms with Crippen LogP contribution in [0, 0.1) is 11.3 Å². The quantitative estimate of drug-likeness (QED) is 0.733. The third-order valence-electron chi connectivity index (χ3n) is 5.03. The first kappa shape index (κ1) is 21.5. The van der Waals surface area contributed by atoms with Crippen molar-refractivity contribution in [2.75, 3.05) is 33.9 Å². The molecule has 1 heterocycles. The highest BCUT2D eigenvalue weighted by Crippen LogP contribution is 2.25. The van der Waals surface area contributed by atoms with Crippen LogP contribution in [-0.4, -0.2) is 61.6 Å². The number of hydrogen-bond acceptors (Lipinski definition) is 5. The first-order chi connectivity index (χ1) is 13.2. The van der Waals surface area contributed by atoms with E-state index in [1.54, 1.807) is 36.9 Å². The second-order valence-electron chi connectivity index (χ2n) is 7.57. The molecule has 0 bridgehead atoms. The van der Waals surface area contributed by atoms with Crippen LogP contribution >= 0.6 is 0 Å². The number of hydrogen-bond donors (Lipinski definition) is 2. The van der Waals surface area contributed by atoms with Crippen molar-refractivity contribution in [1.29, 1.82) is 0 Å². The van der Waals surface area contributed by atoms with Gasteiger partial charge in [-0.3, -0.25) is 14.4 Å². The van der Waals surface area contributed by atoms with Crippen LogP contribution in [0.4, 0.5) is 0 Å². The molecule has 0 saturated carbocycles. The van der Waals surface area contributed by atoms with Crippen molar-refractivity contribution in [3.63, 3.8) is 0 Å². The minimum atomic E-state index is -1.02. The second kappa shape index (κ2) is 8.95. The highest BCUT2D eigenvalue weighted by atomic mass is 16.5. The van der Waals surface area contributed by atoms with Crippen LogP contribution in [0.15, 0.2) is 18.2 Å². The van der Waals surface area contributed by atoms with Gasteiger partial charge in [0.15, 0.2) is 0 Å². The Morgan fingerprint density at radius 1 is 1.11 bits per heavy atom. The molecule has 1 fully saturated rings. The summed E-state index contributed by atoms with van der Waals surface area (Å²) in [5.41, 5.74) is -0.542. The lowest BCUT2D eigenvalue weighted by atomic mass is 9.92. The number of ether oxygens (including phenoxy) is 2. The van der Waals surface area contributed by atoms with Gasteiger partial charge in [0.1, 0.15) is 11.5 Å². The molecule has 0 unspecified atom stereocenters. The van der Waals surface area contributed by atoms with E-state index in [4.69, 9.17) is 14.6 Å². The van der Waals surface area contributed by atoms with Crippen molar-refractivity contribution >= 4 is 17.8 Å². The molecule has 8 nitrogen and oxygen atoms in total. The molecule has 28 heavy (non-hydrogen) atoms. The van der Waals surface area contributed by atoms with Crippen LogP contribution in [0.2, 0.25) is 0 Å². The van der Waals surface area contributed by atoms with Crippen molar-refractivity contribution in [3.05, 3.63) is 23.8 Å². The molecule has 1 aromatic carbocycles. The molecular weight excluding hydrogens is 364 g/mol. The number of carboxylic acid groups (broad SMARTS) is 1. The van der Waals surface area contributed by atoms with E-state index in [1.165, 1.54) is 14.2 Å². The Hall–Kier alpha value is -2.77. The van der Waals surface area contributed by atoms with Crippen LogP contribution in [0.5, 0.6) is 11.5 Å². The van der Waals surface area contributed by atoms with Gasteiger partial charge in [-0.15, -0.1) is 0 Å². The van der Waals surface area contributed by atoms with Gasteiger partial charge in [0.2, 0.25) is 5.91 Å². The van der Waals surface area contributed by atoms with E-state index < -0.39 is 11.4 Å². The number of carbonyl (C=O) groups excluding carboxylic acids is 2. The van der Waals surface area contributed by atoms with Crippen LogP contribution in [0.25, 0.3) is 0 Å². The highest BCUT2D eigenvalue weighted by Gasteiger charge is 2.31. The zero-order valence-corrected chi connectivity index (χ0v) is 16.8. The number of carbonyl (C=O) groups is 3.